The van der Waals surface area contributed by atoms with Crippen LogP contribution in [0.3, 0.4) is 0 Å². The number of carbonyl (C=O) groups is 4. The first-order valence-electron chi connectivity index (χ1n) is 10.1. The van der Waals surface area contributed by atoms with E-state index in [1.165, 1.54) is 36.7 Å². The molecular formula is C23H29N5O4. The molecule has 0 fully saturated rings. The predicted molar refractivity (Wildman–Crippen MR) is 122 cm³/mol. The molecule has 0 radical (unpaired) electrons. The van der Waals surface area contributed by atoms with Gasteiger partial charge in [-0.1, -0.05) is 41.5 Å². The minimum Gasteiger partial charge on any atom is -0.326 e. The van der Waals surface area contributed by atoms with E-state index in [1.54, 1.807) is 47.6 Å². The van der Waals surface area contributed by atoms with Crippen molar-refractivity contribution in [3.63, 3.8) is 0 Å². The molecule has 0 aliphatic rings. The van der Waals surface area contributed by atoms with Gasteiger partial charge in [0.15, 0.2) is 0 Å². The summed E-state index contributed by atoms with van der Waals surface area (Å²) in [7, 11) is 0. The van der Waals surface area contributed by atoms with Crippen LogP contribution in [0.4, 0.5) is 11.4 Å². The lowest BCUT2D eigenvalue weighted by molar-refractivity contribution is -0.123. The molecular weight excluding hydrogens is 410 g/mol. The van der Waals surface area contributed by atoms with E-state index in [0.717, 1.165) is 0 Å². The maximum absolute atomic E-state index is 12.7. The average molecular weight is 440 g/mol. The number of aromatic nitrogens is 1. The summed E-state index contributed by atoms with van der Waals surface area (Å²) in [5, 5.41) is 5.51. The Bertz CT molecular complexity index is 975. The maximum atomic E-state index is 12.7. The van der Waals surface area contributed by atoms with Crippen LogP contribution >= 0.6 is 0 Å². The quantitative estimate of drug-likeness (QED) is 0.544. The average Bonchev–Trinajstić information content (AvgIpc) is 2.70. The van der Waals surface area contributed by atoms with Crippen LogP contribution in [0.5, 0.6) is 0 Å². The van der Waals surface area contributed by atoms with Crippen molar-refractivity contribution in [2.24, 2.45) is 10.8 Å². The number of hydrazine groups is 1. The van der Waals surface area contributed by atoms with Gasteiger partial charge in [-0.3, -0.25) is 35.0 Å². The predicted octanol–water partition coefficient (Wildman–Crippen LogP) is 3.13. The van der Waals surface area contributed by atoms with Crippen LogP contribution in [-0.2, 0) is 9.59 Å². The number of carbonyl (C=O) groups excluding carboxylic acids is 4. The summed E-state index contributed by atoms with van der Waals surface area (Å²) in [6, 6.07) is 7.50. The summed E-state index contributed by atoms with van der Waals surface area (Å²) in [6.07, 6.45) is 2.92. The second-order valence-corrected chi connectivity index (χ2v) is 9.35. The van der Waals surface area contributed by atoms with Gasteiger partial charge in [-0.05, 0) is 30.3 Å². The Morgan fingerprint density at radius 1 is 0.656 bits per heavy atom. The largest absolute Gasteiger partial charge is 0.326 e. The van der Waals surface area contributed by atoms with Crippen molar-refractivity contribution in [1.29, 1.82) is 0 Å². The van der Waals surface area contributed by atoms with Gasteiger partial charge >= 0.3 is 0 Å². The summed E-state index contributed by atoms with van der Waals surface area (Å²) in [5.74, 6) is -1.65. The third-order valence-corrected chi connectivity index (χ3v) is 4.31. The number of pyridine rings is 1. The standard InChI is InChI=1S/C23H29N5O4/c1-22(2,3)20(31)25-16-11-15(12-17(13-16)26-21(32)23(4,5)6)19(30)28-27-18(29)14-7-9-24-10-8-14/h7-13H,1-6H3,(H,25,31)(H,26,32)(H,27,29)(H,28,30). The van der Waals surface area contributed by atoms with Crippen LogP contribution < -0.4 is 21.5 Å². The van der Waals surface area contributed by atoms with Crippen LogP contribution in [-0.4, -0.2) is 28.6 Å². The number of anilines is 2. The molecule has 32 heavy (non-hydrogen) atoms. The molecule has 170 valence electrons. The van der Waals surface area contributed by atoms with Crippen LogP contribution in [0, 0.1) is 10.8 Å². The van der Waals surface area contributed by atoms with Gasteiger partial charge in [0.25, 0.3) is 11.8 Å². The molecule has 1 heterocycles. The first kappa shape index (κ1) is 24.5. The van der Waals surface area contributed by atoms with Gasteiger partial charge in [0.05, 0.1) is 0 Å². The summed E-state index contributed by atoms with van der Waals surface area (Å²) in [5.41, 5.74) is 4.47. The zero-order valence-electron chi connectivity index (χ0n) is 19.1. The molecule has 0 aliphatic heterocycles. The maximum Gasteiger partial charge on any atom is 0.269 e. The van der Waals surface area contributed by atoms with E-state index in [4.69, 9.17) is 0 Å². The lowest BCUT2D eigenvalue weighted by atomic mass is 9.95. The molecule has 2 aromatic rings. The number of nitrogens with zero attached hydrogens (tertiary/aromatic N) is 1. The molecule has 0 saturated carbocycles. The van der Waals surface area contributed by atoms with Gasteiger partial charge in [-0.2, -0.15) is 0 Å². The minimum absolute atomic E-state index is 0.135. The molecule has 2 rings (SSSR count). The van der Waals surface area contributed by atoms with Gasteiger partial charge in [0.2, 0.25) is 11.8 Å². The van der Waals surface area contributed by atoms with Gasteiger partial charge < -0.3 is 10.6 Å². The van der Waals surface area contributed by atoms with Crippen LogP contribution in [0.25, 0.3) is 0 Å². The first-order chi connectivity index (χ1) is 14.8. The van der Waals surface area contributed by atoms with E-state index >= 15 is 0 Å². The summed E-state index contributed by atoms with van der Waals surface area (Å²) in [4.78, 5) is 53.5. The molecule has 0 aliphatic carbocycles. The molecule has 1 aromatic heterocycles. The lowest BCUT2D eigenvalue weighted by Crippen LogP contribution is -2.41. The monoisotopic (exact) mass is 439 g/mol. The third kappa shape index (κ3) is 6.90. The molecule has 0 saturated heterocycles. The normalized spacial score (nSPS) is 11.3. The van der Waals surface area contributed by atoms with Gasteiger partial charge in [-0.15, -0.1) is 0 Å². The number of hydrogen-bond donors (Lipinski definition) is 4. The minimum atomic E-state index is -0.661. The van der Waals surface area contributed by atoms with Gasteiger partial charge in [-0.25, -0.2) is 0 Å². The molecule has 9 nitrogen and oxygen atoms in total. The molecule has 0 spiro atoms. The summed E-state index contributed by atoms with van der Waals surface area (Å²) >= 11 is 0. The Hall–Kier alpha value is -3.75. The fourth-order valence-electron chi connectivity index (χ4n) is 2.30. The molecule has 4 amide bonds. The first-order valence-corrected chi connectivity index (χ1v) is 10.1. The molecule has 0 bridgehead atoms. The highest BCUT2D eigenvalue weighted by Gasteiger charge is 2.24. The molecule has 4 N–H and O–H groups in total. The van der Waals surface area contributed by atoms with E-state index in [1.807, 2.05) is 0 Å². The van der Waals surface area contributed by atoms with E-state index in [0.29, 0.717) is 16.9 Å². The van der Waals surface area contributed by atoms with Crippen molar-refractivity contribution in [3.05, 3.63) is 53.9 Å². The SMILES string of the molecule is CC(C)(C)C(=O)Nc1cc(NC(=O)C(C)(C)C)cc(C(=O)NNC(=O)c2ccncc2)c1. The summed E-state index contributed by atoms with van der Waals surface area (Å²) in [6.45, 7) is 10.6. The Morgan fingerprint density at radius 3 is 1.47 bits per heavy atom. The number of nitrogens with one attached hydrogen (secondary N) is 4. The fraction of sp³-hybridized carbons (Fsp3) is 0.348. The van der Waals surface area contributed by atoms with E-state index in [-0.39, 0.29) is 17.4 Å². The van der Waals surface area contributed by atoms with Crippen molar-refractivity contribution in [1.82, 2.24) is 15.8 Å². The Balaban J connectivity index is 2.26. The Kier molecular flexibility index (Phi) is 7.35. The number of hydrogen-bond acceptors (Lipinski definition) is 5. The van der Waals surface area contributed by atoms with Crippen LogP contribution in [0.2, 0.25) is 0 Å². The zero-order valence-corrected chi connectivity index (χ0v) is 19.1. The van der Waals surface area contributed by atoms with E-state index in [9.17, 15) is 19.2 Å². The van der Waals surface area contributed by atoms with Crippen LogP contribution in [0.1, 0.15) is 62.3 Å². The number of benzene rings is 1. The van der Waals surface area contributed by atoms with Gasteiger partial charge in [0, 0.05) is 45.7 Å². The fourth-order valence-corrected chi connectivity index (χ4v) is 2.30. The van der Waals surface area contributed by atoms with E-state index < -0.39 is 22.6 Å². The van der Waals surface area contributed by atoms with Crippen molar-refractivity contribution in [3.8, 4) is 0 Å². The topological polar surface area (TPSA) is 129 Å². The molecule has 0 atom stereocenters. The Labute approximate surface area is 187 Å². The van der Waals surface area contributed by atoms with Crippen molar-refractivity contribution >= 4 is 35.0 Å². The smallest absolute Gasteiger partial charge is 0.269 e. The van der Waals surface area contributed by atoms with Crippen molar-refractivity contribution in [2.75, 3.05) is 10.6 Å². The molecule has 0 unspecified atom stereocenters. The van der Waals surface area contributed by atoms with E-state index in [2.05, 4.69) is 26.5 Å². The number of amides is 4. The van der Waals surface area contributed by atoms with Crippen LogP contribution in [0.15, 0.2) is 42.7 Å². The lowest BCUT2D eigenvalue weighted by Gasteiger charge is -2.20. The highest BCUT2D eigenvalue weighted by molar-refractivity contribution is 6.03. The highest BCUT2D eigenvalue weighted by atomic mass is 16.2. The van der Waals surface area contributed by atoms with Crippen molar-refractivity contribution in [2.45, 2.75) is 41.5 Å². The second kappa shape index (κ2) is 9.59. The Morgan fingerprint density at radius 2 is 1.06 bits per heavy atom. The van der Waals surface area contributed by atoms with Gasteiger partial charge in [0.1, 0.15) is 0 Å². The highest BCUT2D eigenvalue weighted by Crippen LogP contribution is 2.24. The second-order valence-electron chi connectivity index (χ2n) is 9.35. The third-order valence-electron chi connectivity index (χ3n) is 4.31. The number of rotatable bonds is 4. The zero-order chi connectivity index (χ0) is 24.1. The molecule has 1 aromatic carbocycles. The van der Waals surface area contributed by atoms with Crippen molar-refractivity contribution < 1.29 is 19.2 Å². The molecule has 9 heteroatoms. The summed E-state index contributed by atoms with van der Waals surface area (Å²) < 4.78 is 0.